The molecule has 6 rings (SSSR count). The molecule has 0 saturated heterocycles. The summed E-state index contributed by atoms with van der Waals surface area (Å²) < 4.78 is 7.67. The summed E-state index contributed by atoms with van der Waals surface area (Å²) in [6.45, 7) is 0.570. The number of methoxy groups -OCH3 is 1. The average Bonchev–Trinajstić information content (AvgIpc) is 3.31. The third-order valence-corrected chi connectivity index (χ3v) is 6.96. The fourth-order valence-electron chi connectivity index (χ4n) is 5.74. The van der Waals surface area contributed by atoms with E-state index >= 15 is 0 Å². The summed E-state index contributed by atoms with van der Waals surface area (Å²) >= 11 is 0. The number of aliphatic hydroxyl groups excluding tert-OH is 1. The van der Waals surface area contributed by atoms with Crippen molar-refractivity contribution < 1.29 is 14.6 Å². The molecule has 31 heavy (non-hydrogen) atoms. The van der Waals surface area contributed by atoms with E-state index in [0.29, 0.717) is 18.7 Å². The Morgan fingerprint density at radius 1 is 1.03 bits per heavy atom. The molecule has 0 amide bonds. The molecule has 5 nitrogen and oxygen atoms in total. The fourth-order valence-corrected chi connectivity index (χ4v) is 5.74. The molecule has 3 N–H and O–H groups in total. The van der Waals surface area contributed by atoms with Crippen LogP contribution in [0.15, 0.2) is 36.4 Å². The van der Waals surface area contributed by atoms with E-state index in [4.69, 9.17) is 10.5 Å². The number of rotatable bonds is 3. The summed E-state index contributed by atoms with van der Waals surface area (Å²) in [6, 6.07) is 12.1. The Morgan fingerprint density at radius 3 is 2.68 bits per heavy atom. The lowest BCUT2D eigenvalue weighted by Crippen LogP contribution is -2.12. The summed E-state index contributed by atoms with van der Waals surface area (Å²) in [6.07, 6.45) is 3.03. The van der Waals surface area contributed by atoms with Crippen molar-refractivity contribution in [3.05, 3.63) is 58.7 Å². The molecule has 0 fully saturated rings. The molecule has 1 aromatic heterocycles. The highest BCUT2D eigenvalue weighted by molar-refractivity contribution is 6.20. The van der Waals surface area contributed by atoms with Crippen LogP contribution < -0.4 is 10.5 Å². The zero-order chi connectivity index (χ0) is 21.3. The Balaban J connectivity index is 1.82. The van der Waals surface area contributed by atoms with Crippen molar-refractivity contribution in [3.8, 4) is 16.9 Å². The molecule has 156 valence electrons. The number of nitrogen functional groups attached to an aromatic ring is 1. The van der Waals surface area contributed by atoms with Crippen LogP contribution in [0.3, 0.4) is 0 Å². The second kappa shape index (κ2) is 6.59. The van der Waals surface area contributed by atoms with Crippen LogP contribution in [0.4, 0.5) is 5.69 Å². The molecule has 4 aromatic rings. The lowest BCUT2D eigenvalue weighted by molar-refractivity contribution is 0.0995. The normalized spacial score (nSPS) is 14.7. The van der Waals surface area contributed by atoms with E-state index in [-0.39, 0.29) is 12.4 Å². The smallest absolute Gasteiger partial charge is 0.164 e. The van der Waals surface area contributed by atoms with Gasteiger partial charge in [-0.25, -0.2) is 0 Å². The molecular weight excluding hydrogens is 388 g/mol. The largest absolute Gasteiger partial charge is 0.497 e. The van der Waals surface area contributed by atoms with Gasteiger partial charge in [-0.15, -0.1) is 0 Å². The molecule has 3 aromatic carbocycles. The van der Waals surface area contributed by atoms with Crippen molar-refractivity contribution in [3.63, 3.8) is 0 Å². The number of Topliss-reactive ketones (excluding diaryl/α,β-unsaturated/α-hetero) is 1. The fraction of sp³-hybridized carbons (Fsp3) is 0.269. The van der Waals surface area contributed by atoms with E-state index in [1.54, 1.807) is 7.11 Å². The number of ketones is 1. The Bertz CT molecular complexity index is 1410. The summed E-state index contributed by atoms with van der Waals surface area (Å²) in [5.74, 6) is 1.07. The minimum absolute atomic E-state index is 0.0574. The standard InChI is InChI=1S/C26H24N2O3/c1-31-16-4-6-17-14(12-16)2-5-19-23(17)25-18(7-9-22(25)30)24-20-13-15(27)3-8-21(20)28(10-11-29)26(19)24/h3-4,6,8,12-13,29H,2,5,7,9-11,27H2,1H3. The molecule has 0 spiro atoms. The molecule has 0 aliphatic heterocycles. The number of carbonyl (C=O) groups is 1. The molecule has 0 radical (unpaired) electrons. The van der Waals surface area contributed by atoms with Gasteiger partial charge in [0.05, 0.1) is 19.2 Å². The third kappa shape index (κ3) is 2.44. The highest BCUT2D eigenvalue weighted by Gasteiger charge is 2.34. The molecule has 1 heterocycles. The van der Waals surface area contributed by atoms with Crippen LogP contribution in [0.25, 0.3) is 32.9 Å². The quantitative estimate of drug-likeness (QED) is 0.493. The van der Waals surface area contributed by atoms with Crippen LogP contribution in [0.2, 0.25) is 0 Å². The van der Waals surface area contributed by atoms with E-state index < -0.39 is 0 Å². The summed E-state index contributed by atoms with van der Waals surface area (Å²) in [4.78, 5) is 13.2. The minimum atomic E-state index is 0.0574. The number of fused-ring (bicyclic) bond motifs is 10. The van der Waals surface area contributed by atoms with Crippen molar-refractivity contribution >= 4 is 33.3 Å². The van der Waals surface area contributed by atoms with Gasteiger partial charge in [0.2, 0.25) is 0 Å². The number of nitrogens with two attached hydrogens (primary N) is 1. The topological polar surface area (TPSA) is 77.5 Å². The molecule has 0 atom stereocenters. The maximum atomic E-state index is 13.2. The van der Waals surface area contributed by atoms with E-state index in [1.165, 1.54) is 11.1 Å². The Labute approximate surface area is 180 Å². The van der Waals surface area contributed by atoms with Gasteiger partial charge in [0.25, 0.3) is 0 Å². The number of ether oxygens (including phenoxy) is 1. The number of nitrogens with zero attached hydrogens (tertiary/aromatic N) is 1. The predicted octanol–water partition coefficient (Wildman–Crippen LogP) is 4.27. The number of hydrogen-bond acceptors (Lipinski definition) is 4. The van der Waals surface area contributed by atoms with Gasteiger partial charge in [-0.05, 0) is 77.4 Å². The number of anilines is 1. The van der Waals surface area contributed by atoms with Crippen LogP contribution in [-0.2, 0) is 25.8 Å². The number of aromatic nitrogens is 1. The molecule has 5 heteroatoms. The van der Waals surface area contributed by atoms with Gasteiger partial charge in [0.15, 0.2) is 5.78 Å². The van der Waals surface area contributed by atoms with Gasteiger partial charge in [-0.3, -0.25) is 4.79 Å². The van der Waals surface area contributed by atoms with Crippen LogP contribution in [0, 0.1) is 0 Å². The summed E-state index contributed by atoms with van der Waals surface area (Å²) in [7, 11) is 1.68. The lowest BCUT2D eigenvalue weighted by atomic mass is 9.80. The number of hydrogen-bond donors (Lipinski definition) is 2. The average molecular weight is 412 g/mol. The number of benzene rings is 3. The molecule has 0 saturated carbocycles. The summed E-state index contributed by atoms with van der Waals surface area (Å²) in [5.41, 5.74) is 15.8. The van der Waals surface area contributed by atoms with Crippen LogP contribution in [0.1, 0.15) is 33.5 Å². The first-order valence-corrected chi connectivity index (χ1v) is 10.8. The van der Waals surface area contributed by atoms with Gasteiger partial charge in [0, 0.05) is 40.5 Å². The Hall–Kier alpha value is -3.31. The maximum absolute atomic E-state index is 13.2. The predicted molar refractivity (Wildman–Crippen MR) is 123 cm³/mol. The van der Waals surface area contributed by atoms with Gasteiger partial charge in [-0.2, -0.15) is 0 Å². The van der Waals surface area contributed by atoms with E-state index in [9.17, 15) is 9.90 Å². The van der Waals surface area contributed by atoms with Gasteiger partial charge in [-0.1, -0.05) is 6.07 Å². The second-order valence-corrected chi connectivity index (χ2v) is 8.53. The monoisotopic (exact) mass is 412 g/mol. The zero-order valence-electron chi connectivity index (χ0n) is 17.5. The highest BCUT2D eigenvalue weighted by Crippen LogP contribution is 2.48. The minimum Gasteiger partial charge on any atom is -0.497 e. The summed E-state index contributed by atoms with van der Waals surface area (Å²) in [5, 5.41) is 12.1. The second-order valence-electron chi connectivity index (χ2n) is 8.53. The van der Waals surface area contributed by atoms with Crippen LogP contribution in [-0.4, -0.2) is 29.2 Å². The van der Waals surface area contributed by atoms with Gasteiger partial charge < -0.3 is 20.1 Å². The third-order valence-electron chi connectivity index (χ3n) is 6.96. The SMILES string of the molecule is COc1ccc2c(c1)CCc1c-2c2c(c3c4cc(N)ccc4n(CCO)c13)CCC2=O. The Morgan fingerprint density at radius 2 is 1.87 bits per heavy atom. The lowest BCUT2D eigenvalue weighted by Gasteiger charge is -2.25. The highest BCUT2D eigenvalue weighted by atomic mass is 16.5. The first kappa shape index (κ1) is 18.5. The van der Waals surface area contributed by atoms with Crippen molar-refractivity contribution in [2.75, 3.05) is 19.5 Å². The van der Waals surface area contributed by atoms with E-state index in [2.05, 4.69) is 16.7 Å². The first-order valence-electron chi connectivity index (χ1n) is 10.8. The van der Waals surface area contributed by atoms with Crippen LogP contribution in [0.5, 0.6) is 5.75 Å². The van der Waals surface area contributed by atoms with E-state index in [0.717, 1.165) is 69.1 Å². The van der Waals surface area contributed by atoms with Gasteiger partial charge >= 0.3 is 0 Å². The number of aliphatic hydroxyl groups is 1. The molecule has 2 aliphatic rings. The van der Waals surface area contributed by atoms with E-state index in [1.807, 2.05) is 24.3 Å². The number of aryl methyl sites for hydroxylation is 3. The van der Waals surface area contributed by atoms with Crippen molar-refractivity contribution in [2.24, 2.45) is 0 Å². The van der Waals surface area contributed by atoms with Crippen LogP contribution >= 0.6 is 0 Å². The molecular formula is C26H24N2O3. The van der Waals surface area contributed by atoms with Crippen molar-refractivity contribution in [1.82, 2.24) is 4.57 Å². The molecule has 2 aliphatic carbocycles. The number of carbonyl (C=O) groups excluding carboxylic acids is 1. The Kier molecular flexibility index (Phi) is 3.93. The van der Waals surface area contributed by atoms with Gasteiger partial charge in [0.1, 0.15) is 5.75 Å². The van der Waals surface area contributed by atoms with Crippen molar-refractivity contribution in [1.29, 1.82) is 0 Å². The first-order chi connectivity index (χ1) is 15.1. The molecule has 0 bridgehead atoms. The van der Waals surface area contributed by atoms with Crippen molar-refractivity contribution in [2.45, 2.75) is 32.2 Å². The maximum Gasteiger partial charge on any atom is 0.164 e. The zero-order valence-corrected chi connectivity index (χ0v) is 17.5. The molecule has 0 unspecified atom stereocenters.